The molecule has 0 saturated carbocycles. The Balaban J connectivity index is 1.88. The first-order chi connectivity index (χ1) is 12.7. The average Bonchev–Trinajstić information content (AvgIpc) is 2.63. The second-order valence-electron chi connectivity index (χ2n) is 7.48. The third kappa shape index (κ3) is 5.58. The van der Waals surface area contributed by atoms with E-state index < -0.39 is 5.41 Å². The number of hydrogen-bond donors (Lipinski definition) is 3. The fraction of sp³-hybridized carbons (Fsp3) is 0.364. The van der Waals surface area contributed by atoms with Crippen LogP contribution in [0, 0.1) is 24.7 Å². The van der Waals surface area contributed by atoms with Gasteiger partial charge in [-0.25, -0.2) is 0 Å². The lowest BCUT2D eigenvalue weighted by Crippen LogP contribution is -2.31. The molecule has 3 N–H and O–H groups in total. The maximum atomic E-state index is 12.6. The summed E-state index contributed by atoms with van der Waals surface area (Å²) in [6.07, 6.45) is 2.50. The summed E-state index contributed by atoms with van der Waals surface area (Å²) < 4.78 is 5.87. The summed E-state index contributed by atoms with van der Waals surface area (Å²) in [5.41, 5.74) is 2.64. The lowest BCUT2D eigenvalue weighted by Gasteiger charge is -2.24. The van der Waals surface area contributed by atoms with Gasteiger partial charge in [-0.15, -0.1) is 0 Å². The van der Waals surface area contributed by atoms with Crippen LogP contribution in [0.15, 0.2) is 36.4 Å². The summed E-state index contributed by atoms with van der Waals surface area (Å²) >= 11 is 0. The Labute approximate surface area is 160 Å². The van der Waals surface area contributed by atoms with Crippen molar-refractivity contribution >= 4 is 17.8 Å². The van der Waals surface area contributed by atoms with Crippen molar-refractivity contribution in [3.63, 3.8) is 0 Å². The predicted octanol–water partition coefficient (Wildman–Crippen LogP) is 4.83. The number of carbonyl (C=O) groups excluding carboxylic acids is 1. The van der Waals surface area contributed by atoms with Gasteiger partial charge in [-0.1, -0.05) is 26.0 Å². The summed E-state index contributed by atoms with van der Waals surface area (Å²) in [6, 6.07) is 10.8. The van der Waals surface area contributed by atoms with E-state index in [1.165, 1.54) is 6.07 Å². The molecule has 0 aliphatic carbocycles. The first-order valence-electron chi connectivity index (χ1n) is 9.08. The topological polar surface area (TPSA) is 82.4 Å². The van der Waals surface area contributed by atoms with Crippen molar-refractivity contribution in [2.24, 2.45) is 5.41 Å². The summed E-state index contributed by atoms with van der Waals surface area (Å²) in [4.78, 5) is 12.6. The molecule has 1 amide bonds. The largest absolute Gasteiger partial charge is 0.507 e. The van der Waals surface area contributed by atoms with Gasteiger partial charge in [0.2, 0.25) is 5.91 Å². The van der Waals surface area contributed by atoms with E-state index in [0.29, 0.717) is 24.3 Å². The Kier molecular flexibility index (Phi) is 6.61. The molecule has 0 bridgehead atoms. The van der Waals surface area contributed by atoms with Gasteiger partial charge in [0.25, 0.3) is 0 Å². The van der Waals surface area contributed by atoms with E-state index in [-0.39, 0.29) is 11.7 Å². The Bertz CT molecular complexity index is 828. The van der Waals surface area contributed by atoms with E-state index >= 15 is 0 Å². The van der Waals surface area contributed by atoms with Crippen LogP contribution in [-0.2, 0) is 4.79 Å². The molecule has 5 heteroatoms. The number of amides is 1. The second-order valence-corrected chi connectivity index (χ2v) is 7.48. The molecular weight excluding hydrogens is 340 g/mol. The van der Waals surface area contributed by atoms with Gasteiger partial charge < -0.3 is 20.6 Å². The normalized spacial score (nSPS) is 11.1. The van der Waals surface area contributed by atoms with Gasteiger partial charge >= 0.3 is 0 Å². The summed E-state index contributed by atoms with van der Waals surface area (Å²) in [5.74, 6) is 0.808. The van der Waals surface area contributed by atoms with E-state index in [1.54, 1.807) is 12.1 Å². The summed E-state index contributed by atoms with van der Waals surface area (Å²) in [6.45, 7) is 8.41. The lowest BCUT2D eigenvalue weighted by atomic mass is 9.87. The monoisotopic (exact) mass is 368 g/mol. The molecule has 0 aliphatic rings. The number of aryl methyl sites for hydroxylation is 2. The molecule has 27 heavy (non-hydrogen) atoms. The third-order valence-electron chi connectivity index (χ3n) is 4.60. The fourth-order valence-electron chi connectivity index (χ4n) is 2.72. The maximum absolute atomic E-state index is 12.6. The van der Waals surface area contributed by atoms with Crippen LogP contribution in [0.5, 0.6) is 11.5 Å². The number of hydrogen-bond acceptors (Lipinski definition) is 4. The molecule has 0 heterocycles. The van der Waals surface area contributed by atoms with Crippen molar-refractivity contribution in [2.75, 3.05) is 11.9 Å². The fourth-order valence-corrected chi connectivity index (χ4v) is 2.72. The molecule has 0 aromatic heterocycles. The molecular formula is C22H28N2O3. The van der Waals surface area contributed by atoms with E-state index in [4.69, 9.17) is 10.1 Å². The second kappa shape index (κ2) is 8.71. The van der Waals surface area contributed by atoms with Crippen molar-refractivity contribution in [3.05, 3.63) is 53.1 Å². The van der Waals surface area contributed by atoms with Crippen LogP contribution in [-0.4, -0.2) is 23.8 Å². The number of phenolic OH excluding ortho intramolecular Hbond substituents is 1. The number of nitrogens with one attached hydrogen (secondary N) is 2. The molecule has 2 rings (SSSR count). The Hall–Kier alpha value is -2.82. The van der Waals surface area contributed by atoms with E-state index in [9.17, 15) is 9.90 Å². The minimum atomic E-state index is -0.562. The molecule has 0 unspecified atom stereocenters. The number of carbonyl (C=O) groups is 1. The number of phenols is 1. The van der Waals surface area contributed by atoms with Crippen molar-refractivity contribution in [2.45, 2.75) is 40.5 Å². The smallest absolute Gasteiger partial charge is 0.230 e. The average molecular weight is 368 g/mol. The van der Waals surface area contributed by atoms with Crippen LogP contribution in [0.3, 0.4) is 0 Å². The van der Waals surface area contributed by atoms with E-state index in [0.717, 1.165) is 29.5 Å². The quantitative estimate of drug-likeness (QED) is 0.354. The Morgan fingerprint density at radius 1 is 1.22 bits per heavy atom. The van der Waals surface area contributed by atoms with Gasteiger partial charge in [0.1, 0.15) is 11.5 Å². The predicted molar refractivity (Wildman–Crippen MR) is 109 cm³/mol. The van der Waals surface area contributed by atoms with Crippen LogP contribution in [0.4, 0.5) is 5.69 Å². The Morgan fingerprint density at radius 3 is 2.67 bits per heavy atom. The van der Waals surface area contributed by atoms with Crippen molar-refractivity contribution in [1.82, 2.24) is 0 Å². The highest BCUT2D eigenvalue weighted by molar-refractivity contribution is 5.96. The van der Waals surface area contributed by atoms with E-state index in [2.05, 4.69) is 11.4 Å². The third-order valence-corrected chi connectivity index (χ3v) is 4.60. The van der Waals surface area contributed by atoms with Crippen LogP contribution >= 0.6 is 0 Å². The summed E-state index contributed by atoms with van der Waals surface area (Å²) in [5, 5.41) is 19.8. The van der Waals surface area contributed by atoms with Crippen molar-refractivity contribution in [3.8, 4) is 11.5 Å². The van der Waals surface area contributed by atoms with Gasteiger partial charge in [-0.2, -0.15) is 0 Å². The molecule has 2 aromatic carbocycles. The number of anilines is 1. The highest BCUT2D eigenvalue weighted by Gasteiger charge is 2.27. The Morgan fingerprint density at radius 2 is 1.96 bits per heavy atom. The number of ether oxygens (including phenoxy) is 1. The lowest BCUT2D eigenvalue weighted by molar-refractivity contribution is -0.124. The molecule has 0 atom stereocenters. The van der Waals surface area contributed by atoms with Gasteiger partial charge in [0.05, 0.1) is 6.61 Å². The zero-order valence-electron chi connectivity index (χ0n) is 16.4. The van der Waals surface area contributed by atoms with Crippen LogP contribution in [0.2, 0.25) is 0 Å². The molecule has 0 spiro atoms. The highest BCUT2D eigenvalue weighted by Crippen LogP contribution is 2.27. The summed E-state index contributed by atoms with van der Waals surface area (Å²) in [7, 11) is 0. The van der Waals surface area contributed by atoms with Gasteiger partial charge in [0, 0.05) is 22.9 Å². The molecule has 5 nitrogen and oxygen atoms in total. The first kappa shape index (κ1) is 20.5. The SMILES string of the molecule is Cc1ccc(C)c(OCCCC(C)(C)C(=O)Nc2ccc(O)c(C=N)c2)c1. The minimum Gasteiger partial charge on any atom is -0.507 e. The standard InChI is InChI=1S/C22H28N2O3/c1-15-6-7-16(2)20(12-15)27-11-5-10-22(3,4)21(26)24-18-8-9-19(25)17(13-18)14-23/h6-9,12-14,23,25H,5,10-11H2,1-4H3,(H,24,26). The minimum absolute atomic E-state index is 0.0193. The molecule has 0 radical (unpaired) electrons. The zero-order valence-corrected chi connectivity index (χ0v) is 16.4. The first-order valence-corrected chi connectivity index (χ1v) is 9.08. The zero-order chi connectivity index (χ0) is 20.0. The van der Waals surface area contributed by atoms with Gasteiger partial charge in [0.15, 0.2) is 0 Å². The molecule has 0 fully saturated rings. The van der Waals surface area contributed by atoms with Gasteiger partial charge in [-0.05, 0) is 62.1 Å². The molecule has 0 aliphatic heterocycles. The van der Waals surface area contributed by atoms with Crippen LogP contribution < -0.4 is 10.1 Å². The van der Waals surface area contributed by atoms with E-state index in [1.807, 2.05) is 39.8 Å². The van der Waals surface area contributed by atoms with Gasteiger partial charge in [-0.3, -0.25) is 4.79 Å². The number of rotatable bonds is 8. The molecule has 2 aromatic rings. The van der Waals surface area contributed by atoms with Crippen LogP contribution in [0.1, 0.15) is 43.4 Å². The van der Waals surface area contributed by atoms with Crippen molar-refractivity contribution in [1.29, 1.82) is 5.41 Å². The number of aromatic hydroxyl groups is 1. The molecule has 144 valence electrons. The molecule has 0 saturated heterocycles. The number of benzene rings is 2. The maximum Gasteiger partial charge on any atom is 0.230 e. The highest BCUT2D eigenvalue weighted by atomic mass is 16.5. The van der Waals surface area contributed by atoms with Crippen LogP contribution in [0.25, 0.3) is 0 Å². The van der Waals surface area contributed by atoms with Crippen molar-refractivity contribution < 1.29 is 14.6 Å².